The second kappa shape index (κ2) is 5.01. The van der Waals surface area contributed by atoms with Gasteiger partial charge in [-0.05, 0) is 30.1 Å². The van der Waals surface area contributed by atoms with Crippen LogP contribution >= 0.6 is 0 Å². The maximum atomic E-state index is 10.5. The van der Waals surface area contributed by atoms with Gasteiger partial charge in [0.05, 0.1) is 0 Å². The molecule has 0 saturated heterocycles. The van der Waals surface area contributed by atoms with Gasteiger partial charge in [0.25, 0.3) is 0 Å². The molecule has 96 valence electrons. The van der Waals surface area contributed by atoms with E-state index in [2.05, 4.69) is 26.1 Å². The molecule has 1 aliphatic carbocycles. The van der Waals surface area contributed by atoms with E-state index in [9.17, 15) is 4.79 Å². The molecule has 6 N–H and O–H groups in total. The van der Waals surface area contributed by atoms with Crippen LogP contribution in [0.3, 0.4) is 0 Å². The van der Waals surface area contributed by atoms with Crippen LogP contribution < -0.4 is 11.1 Å². The summed E-state index contributed by atoms with van der Waals surface area (Å²) in [5.41, 5.74) is 6.23. The Kier molecular flexibility index (Phi) is 4.76. The molecule has 0 heterocycles. The van der Waals surface area contributed by atoms with Crippen LogP contribution in [0.2, 0.25) is 0 Å². The smallest absolute Gasteiger partial charge is 0.404 e. The topological polar surface area (TPSA) is 107 Å². The highest BCUT2D eigenvalue weighted by atomic mass is 16.4. The minimum Gasteiger partial charge on any atom is -0.465 e. The van der Waals surface area contributed by atoms with E-state index in [-0.39, 0.29) is 22.3 Å². The molecule has 5 nitrogen and oxygen atoms in total. The van der Waals surface area contributed by atoms with Crippen molar-refractivity contribution in [3.05, 3.63) is 0 Å². The fourth-order valence-corrected chi connectivity index (χ4v) is 3.14. The van der Waals surface area contributed by atoms with Crippen LogP contribution in [0.1, 0.15) is 40.0 Å². The van der Waals surface area contributed by atoms with E-state index in [4.69, 9.17) is 10.8 Å². The number of nitrogens with one attached hydrogen (secondary N) is 1. The molecule has 0 aliphatic heterocycles. The van der Waals surface area contributed by atoms with Gasteiger partial charge >= 0.3 is 6.09 Å². The Morgan fingerprint density at radius 3 is 2.44 bits per heavy atom. The van der Waals surface area contributed by atoms with Crippen LogP contribution in [0.4, 0.5) is 4.79 Å². The highest BCUT2D eigenvalue weighted by Crippen LogP contribution is 2.45. The Balaban J connectivity index is 0.00000225. The number of carboxylic acid groups (broad SMARTS) is 1. The van der Waals surface area contributed by atoms with Gasteiger partial charge in [0.1, 0.15) is 0 Å². The summed E-state index contributed by atoms with van der Waals surface area (Å²) in [6.07, 6.45) is 1.99. The van der Waals surface area contributed by atoms with Gasteiger partial charge in [0.15, 0.2) is 0 Å². The number of hydrogen-bond donors (Lipinski definition) is 3. The Morgan fingerprint density at radius 1 is 1.44 bits per heavy atom. The van der Waals surface area contributed by atoms with Crippen molar-refractivity contribution in [1.29, 1.82) is 0 Å². The molecule has 0 aromatic carbocycles. The molecule has 16 heavy (non-hydrogen) atoms. The van der Waals surface area contributed by atoms with Gasteiger partial charge in [-0.2, -0.15) is 0 Å². The fraction of sp³-hybridized carbons (Fsp3) is 0.909. The van der Waals surface area contributed by atoms with E-state index in [0.717, 1.165) is 19.3 Å². The van der Waals surface area contributed by atoms with Crippen molar-refractivity contribution >= 4 is 6.09 Å². The molecular formula is C11H24N2O3. The number of amides is 1. The van der Waals surface area contributed by atoms with Gasteiger partial charge in [-0.1, -0.05) is 20.8 Å². The molecule has 5 heteroatoms. The van der Waals surface area contributed by atoms with Crippen molar-refractivity contribution in [2.45, 2.75) is 46.1 Å². The molecule has 1 amide bonds. The molecule has 1 rings (SSSR count). The van der Waals surface area contributed by atoms with Gasteiger partial charge < -0.3 is 21.6 Å². The molecule has 1 saturated carbocycles. The lowest BCUT2D eigenvalue weighted by molar-refractivity contribution is 0.0816. The Bertz CT molecular complexity index is 256. The normalized spacial score (nSPS) is 32.6. The third-order valence-corrected chi connectivity index (χ3v) is 3.14. The minimum atomic E-state index is -0.951. The third kappa shape index (κ3) is 4.37. The highest BCUT2D eigenvalue weighted by molar-refractivity contribution is 5.64. The predicted molar refractivity (Wildman–Crippen MR) is 63.4 cm³/mol. The molecule has 0 aromatic rings. The number of rotatable bonds is 2. The first-order chi connectivity index (χ1) is 6.72. The van der Waals surface area contributed by atoms with Crippen molar-refractivity contribution in [3.8, 4) is 0 Å². The van der Waals surface area contributed by atoms with E-state index < -0.39 is 6.09 Å². The first-order valence-corrected chi connectivity index (χ1v) is 5.45. The van der Waals surface area contributed by atoms with Crippen LogP contribution in [-0.2, 0) is 0 Å². The van der Waals surface area contributed by atoms with Crippen LogP contribution in [-0.4, -0.2) is 29.3 Å². The molecule has 0 spiro atoms. The van der Waals surface area contributed by atoms with Crippen molar-refractivity contribution in [1.82, 2.24) is 5.32 Å². The molecule has 1 fully saturated rings. The summed E-state index contributed by atoms with van der Waals surface area (Å²) in [5, 5.41) is 11.1. The molecule has 2 atom stereocenters. The molecule has 0 aromatic heterocycles. The zero-order valence-corrected chi connectivity index (χ0v) is 10.3. The Hall–Kier alpha value is -0.810. The summed E-state index contributed by atoms with van der Waals surface area (Å²) in [5.74, 6) is 0. The number of nitrogens with two attached hydrogens (primary N) is 1. The molecule has 1 aliphatic rings. The van der Waals surface area contributed by atoms with Crippen LogP contribution in [0.5, 0.6) is 0 Å². The Labute approximate surface area is 96.7 Å². The van der Waals surface area contributed by atoms with Gasteiger partial charge in [0.2, 0.25) is 0 Å². The van der Waals surface area contributed by atoms with Gasteiger partial charge in [0, 0.05) is 12.6 Å². The van der Waals surface area contributed by atoms with Crippen molar-refractivity contribution < 1.29 is 15.4 Å². The molecule has 2 unspecified atom stereocenters. The van der Waals surface area contributed by atoms with E-state index in [1.54, 1.807) is 0 Å². The van der Waals surface area contributed by atoms with Gasteiger partial charge in [-0.15, -0.1) is 0 Å². The van der Waals surface area contributed by atoms with Gasteiger partial charge in [-0.25, -0.2) is 4.79 Å². The second-order valence-electron chi connectivity index (χ2n) is 5.98. The summed E-state index contributed by atoms with van der Waals surface area (Å²) < 4.78 is 0. The largest absolute Gasteiger partial charge is 0.465 e. The average molecular weight is 232 g/mol. The van der Waals surface area contributed by atoms with Gasteiger partial charge in [-0.3, -0.25) is 0 Å². The maximum Gasteiger partial charge on any atom is 0.404 e. The summed E-state index contributed by atoms with van der Waals surface area (Å²) in [4.78, 5) is 10.5. The summed E-state index contributed by atoms with van der Waals surface area (Å²) >= 11 is 0. The standard InChI is InChI=1S/C11H22N2O2.H2O/c1-10(2)4-8(12)5-11(3,6-10)7-13-9(14)15;/h8,13H,4-7,12H2,1-3H3,(H,14,15);1H2. The maximum absolute atomic E-state index is 10.5. The predicted octanol–water partition coefficient (Wildman–Crippen LogP) is 0.973. The van der Waals surface area contributed by atoms with Crippen LogP contribution in [0, 0.1) is 10.8 Å². The van der Waals surface area contributed by atoms with Crippen molar-refractivity contribution in [2.75, 3.05) is 6.54 Å². The first kappa shape index (κ1) is 15.2. The fourth-order valence-electron chi connectivity index (χ4n) is 3.14. The monoisotopic (exact) mass is 232 g/mol. The average Bonchev–Trinajstić information content (AvgIpc) is 1.96. The Morgan fingerprint density at radius 2 is 2.00 bits per heavy atom. The summed E-state index contributed by atoms with van der Waals surface area (Å²) in [6, 6.07) is 0.189. The third-order valence-electron chi connectivity index (χ3n) is 3.14. The van der Waals surface area contributed by atoms with E-state index in [0.29, 0.717) is 6.54 Å². The quantitative estimate of drug-likeness (QED) is 0.660. The van der Waals surface area contributed by atoms with Crippen molar-refractivity contribution in [3.63, 3.8) is 0 Å². The van der Waals surface area contributed by atoms with E-state index in [1.165, 1.54) is 0 Å². The SMILES string of the molecule is CC1(C)CC(N)CC(C)(CNC(=O)O)C1.O. The lowest BCUT2D eigenvalue weighted by Crippen LogP contribution is -2.47. The number of carbonyl (C=O) groups is 1. The lowest BCUT2D eigenvalue weighted by atomic mass is 9.63. The first-order valence-electron chi connectivity index (χ1n) is 5.45. The molecule has 0 bridgehead atoms. The van der Waals surface area contributed by atoms with E-state index in [1.807, 2.05) is 0 Å². The van der Waals surface area contributed by atoms with E-state index >= 15 is 0 Å². The van der Waals surface area contributed by atoms with Crippen LogP contribution in [0.15, 0.2) is 0 Å². The summed E-state index contributed by atoms with van der Waals surface area (Å²) in [6.45, 7) is 7.01. The summed E-state index contributed by atoms with van der Waals surface area (Å²) in [7, 11) is 0. The number of hydrogen-bond acceptors (Lipinski definition) is 2. The lowest BCUT2D eigenvalue weighted by Gasteiger charge is -2.45. The van der Waals surface area contributed by atoms with Crippen LogP contribution in [0.25, 0.3) is 0 Å². The molecule has 0 radical (unpaired) electrons. The minimum absolute atomic E-state index is 0. The highest BCUT2D eigenvalue weighted by Gasteiger charge is 2.40. The van der Waals surface area contributed by atoms with Crippen molar-refractivity contribution in [2.24, 2.45) is 16.6 Å². The second-order valence-corrected chi connectivity index (χ2v) is 5.98. The zero-order valence-electron chi connectivity index (χ0n) is 10.3. The molecular weight excluding hydrogens is 208 g/mol. The zero-order chi connectivity index (χ0) is 11.7.